The van der Waals surface area contributed by atoms with Crippen molar-refractivity contribution >= 4 is 23.0 Å². The summed E-state index contributed by atoms with van der Waals surface area (Å²) in [4.78, 5) is 39.5. The van der Waals surface area contributed by atoms with E-state index in [2.05, 4.69) is 10.6 Å². The van der Waals surface area contributed by atoms with Crippen LogP contribution >= 0.6 is 0 Å². The summed E-state index contributed by atoms with van der Waals surface area (Å²) in [7, 11) is 0. The van der Waals surface area contributed by atoms with Crippen molar-refractivity contribution in [3.05, 3.63) is 67.9 Å². The Bertz CT molecular complexity index is 1310. The summed E-state index contributed by atoms with van der Waals surface area (Å²) in [6.07, 6.45) is 1.87. The molecule has 0 saturated carbocycles. The highest BCUT2D eigenvalue weighted by Crippen LogP contribution is 2.43. The molecule has 178 valence electrons. The van der Waals surface area contributed by atoms with E-state index in [9.17, 15) is 19.5 Å². The second kappa shape index (κ2) is 8.32. The Hall–Kier alpha value is -3.59. The summed E-state index contributed by atoms with van der Waals surface area (Å²) in [5, 5.41) is 16.9. The summed E-state index contributed by atoms with van der Waals surface area (Å²) in [5.41, 5.74) is -1.17. The Balaban J connectivity index is 1.43. The van der Waals surface area contributed by atoms with Gasteiger partial charge in [-0.15, -0.1) is 0 Å². The van der Waals surface area contributed by atoms with Gasteiger partial charge in [-0.05, 0) is 44.0 Å². The van der Waals surface area contributed by atoms with Gasteiger partial charge in [0.05, 0.1) is 30.5 Å². The number of carbonyl (C=O) groups excluding carboxylic acids is 1. The average Bonchev–Trinajstić information content (AvgIpc) is 3.49. The number of aryl methyl sites for hydroxylation is 1. The van der Waals surface area contributed by atoms with Crippen LogP contribution in [0.15, 0.2) is 44.3 Å². The number of amides is 1. The van der Waals surface area contributed by atoms with E-state index in [-0.39, 0.29) is 39.7 Å². The van der Waals surface area contributed by atoms with Crippen LogP contribution in [0.2, 0.25) is 0 Å². The maximum atomic E-state index is 12.8. The molecular formula is C25H27N3O6. The third kappa shape index (κ3) is 3.66. The van der Waals surface area contributed by atoms with Crippen molar-refractivity contribution in [2.24, 2.45) is 5.41 Å². The van der Waals surface area contributed by atoms with E-state index < -0.39 is 16.9 Å². The van der Waals surface area contributed by atoms with Gasteiger partial charge in [0.25, 0.3) is 16.8 Å². The Kier molecular flexibility index (Phi) is 5.44. The minimum absolute atomic E-state index is 0.0446. The molecule has 0 spiro atoms. The normalized spacial score (nSPS) is 18.0. The molecule has 2 aromatic carbocycles. The zero-order valence-electron chi connectivity index (χ0n) is 19.1. The van der Waals surface area contributed by atoms with Gasteiger partial charge < -0.3 is 29.8 Å². The van der Waals surface area contributed by atoms with Crippen LogP contribution in [-0.4, -0.2) is 42.2 Å². The zero-order chi connectivity index (χ0) is 24.0. The van der Waals surface area contributed by atoms with Gasteiger partial charge in [-0.2, -0.15) is 0 Å². The fourth-order valence-electron chi connectivity index (χ4n) is 4.62. The first-order chi connectivity index (χ1) is 16.3. The summed E-state index contributed by atoms with van der Waals surface area (Å²) >= 11 is 0. The average molecular weight is 466 g/mol. The minimum Gasteiger partial charge on any atom is -0.505 e. The largest absolute Gasteiger partial charge is 0.505 e. The van der Waals surface area contributed by atoms with E-state index in [1.807, 2.05) is 26.0 Å². The number of phenolic OH excluding ortho intramolecular Hbond substituents is 1. The first-order valence-electron chi connectivity index (χ1n) is 11.4. The molecule has 2 aliphatic rings. The van der Waals surface area contributed by atoms with E-state index in [0.29, 0.717) is 32.1 Å². The Labute approximate surface area is 196 Å². The summed E-state index contributed by atoms with van der Waals surface area (Å²) in [5.74, 6) is 0.867. The van der Waals surface area contributed by atoms with Crippen LogP contribution in [0.1, 0.15) is 47.7 Å². The van der Waals surface area contributed by atoms with Crippen LogP contribution in [0, 0.1) is 12.3 Å². The smallest absolute Gasteiger partial charge is 0.257 e. The highest BCUT2D eigenvalue weighted by Gasteiger charge is 2.45. The molecular weight excluding hydrogens is 438 g/mol. The Morgan fingerprint density at radius 1 is 1.09 bits per heavy atom. The van der Waals surface area contributed by atoms with Gasteiger partial charge in [-0.3, -0.25) is 14.4 Å². The number of para-hydroxylation sites is 1. The van der Waals surface area contributed by atoms with Gasteiger partial charge in [0.1, 0.15) is 22.9 Å². The molecule has 9 nitrogen and oxygen atoms in total. The van der Waals surface area contributed by atoms with E-state index in [1.54, 1.807) is 23.1 Å². The van der Waals surface area contributed by atoms with Crippen LogP contribution in [0.4, 0.5) is 17.1 Å². The summed E-state index contributed by atoms with van der Waals surface area (Å²) in [6.45, 7) is 6.11. The van der Waals surface area contributed by atoms with Crippen molar-refractivity contribution in [3.63, 3.8) is 0 Å². The molecule has 2 aliphatic heterocycles. The lowest BCUT2D eigenvalue weighted by atomic mass is 9.79. The van der Waals surface area contributed by atoms with Gasteiger partial charge in [-0.1, -0.05) is 13.0 Å². The molecule has 5 rings (SSSR count). The topological polar surface area (TPSA) is 121 Å². The molecule has 2 saturated heterocycles. The number of nitrogens with zero attached hydrogens (tertiary/aromatic N) is 1. The number of furan rings is 1. The lowest BCUT2D eigenvalue weighted by molar-refractivity contribution is -0.115. The second-order valence-electron chi connectivity index (χ2n) is 9.41. The summed E-state index contributed by atoms with van der Waals surface area (Å²) < 4.78 is 11.2. The fraction of sp³-hybridized carbons (Fsp3) is 0.400. The molecule has 0 aliphatic carbocycles. The molecule has 0 bridgehead atoms. The van der Waals surface area contributed by atoms with Gasteiger partial charge in [-0.25, -0.2) is 0 Å². The van der Waals surface area contributed by atoms with Gasteiger partial charge in [0.2, 0.25) is 0 Å². The predicted molar refractivity (Wildman–Crippen MR) is 127 cm³/mol. The third-order valence-electron chi connectivity index (χ3n) is 6.72. The molecule has 3 N–H and O–H groups in total. The molecule has 0 radical (unpaired) electrons. The van der Waals surface area contributed by atoms with Gasteiger partial charge in [0.15, 0.2) is 5.75 Å². The van der Waals surface area contributed by atoms with E-state index >= 15 is 0 Å². The lowest BCUT2D eigenvalue weighted by Gasteiger charge is -2.44. The number of aromatic hydroxyl groups is 1. The molecule has 2 fully saturated rings. The van der Waals surface area contributed by atoms with E-state index in [0.717, 1.165) is 18.6 Å². The number of ether oxygens (including phenoxy) is 1. The number of anilines is 3. The van der Waals surface area contributed by atoms with Gasteiger partial charge >= 0.3 is 0 Å². The van der Waals surface area contributed by atoms with Crippen LogP contribution in [0.5, 0.6) is 5.75 Å². The Morgan fingerprint density at radius 2 is 1.79 bits per heavy atom. The number of hydrogen-bond acceptors (Lipinski definition) is 8. The number of likely N-dealkylation sites (tertiary alicyclic amines) is 1. The molecule has 9 heteroatoms. The van der Waals surface area contributed by atoms with Crippen LogP contribution in [-0.2, 0) is 4.74 Å². The third-order valence-corrected chi connectivity index (χ3v) is 6.72. The predicted octanol–water partition coefficient (Wildman–Crippen LogP) is 3.06. The number of nitrogens with one attached hydrogen (secondary N) is 2. The first-order valence-corrected chi connectivity index (χ1v) is 11.4. The van der Waals surface area contributed by atoms with E-state index in [1.165, 1.54) is 0 Å². The highest BCUT2D eigenvalue weighted by atomic mass is 16.5. The minimum atomic E-state index is -0.692. The molecule has 1 aromatic heterocycles. The number of phenols is 1. The van der Waals surface area contributed by atoms with Crippen molar-refractivity contribution in [2.75, 3.05) is 36.9 Å². The molecule has 3 aromatic rings. The quantitative estimate of drug-likeness (QED) is 0.360. The van der Waals surface area contributed by atoms with Crippen molar-refractivity contribution in [3.8, 4) is 5.75 Å². The standard InChI is InChI=1S/C25H27N3O6/c1-14-8-9-17(34-14)23(25(2)12-33-13-25)27-19-18(21(30)22(19)31)26-16-7-5-6-15(20(16)29)24(32)28-10-3-4-11-28/h5-9,23,26-27,29H,3-4,10-13H2,1-2H3. The number of carbonyl (C=O) groups is 1. The SMILES string of the molecule is Cc1ccc(C(Nc2c(Nc3cccc(C(=O)N4CCCC4)c3O)c(=O)c2=O)C2(C)COC2)o1. The maximum Gasteiger partial charge on any atom is 0.257 e. The van der Waals surface area contributed by atoms with Crippen molar-refractivity contribution in [1.29, 1.82) is 0 Å². The molecule has 3 heterocycles. The Morgan fingerprint density at radius 3 is 2.41 bits per heavy atom. The molecule has 1 atom stereocenters. The van der Waals surface area contributed by atoms with Crippen molar-refractivity contribution in [2.45, 2.75) is 32.7 Å². The van der Waals surface area contributed by atoms with Crippen LogP contribution in [0.25, 0.3) is 0 Å². The van der Waals surface area contributed by atoms with Gasteiger partial charge in [0, 0.05) is 18.5 Å². The highest BCUT2D eigenvalue weighted by molar-refractivity contribution is 5.99. The zero-order valence-corrected chi connectivity index (χ0v) is 19.1. The maximum absolute atomic E-state index is 12.8. The second-order valence-corrected chi connectivity index (χ2v) is 9.41. The molecule has 1 amide bonds. The van der Waals surface area contributed by atoms with Crippen molar-refractivity contribution < 1.29 is 19.1 Å². The van der Waals surface area contributed by atoms with E-state index in [4.69, 9.17) is 9.15 Å². The molecule has 34 heavy (non-hydrogen) atoms. The number of benzene rings is 1. The number of hydrogen-bond donors (Lipinski definition) is 3. The molecule has 1 unspecified atom stereocenters. The van der Waals surface area contributed by atoms with Crippen LogP contribution < -0.4 is 21.5 Å². The van der Waals surface area contributed by atoms with Crippen LogP contribution in [0.3, 0.4) is 0 Å². The fourth-order valence-corrected chi connectivity index (χ4v) is 4.62. The lowest BCUT2D eigenvalue weighted by Crippen LogP contribution is -2.49. The van der Waals surface area contributed by atoms with Crippen molar-refractivity contribution in [1.82, 2.24) is 4.90 Å². The monoisotopic (exact) mass is 465 g/mol. The first kappa shape index (κ1) is 22.2. The summed E-state index contributed by atoms with van der Waals surface area (Å²) in [6, 6.07) is 8.03. The number of rotatable bonds is 7.